The highest BCUT2D eigenvalue weighted by atomic mass is 16.5. The standard InChI is InChI=1S/C20H24O9/c1-5-28-17(23)9-13(19-18(24)14(22)8-12(10-21)29-19)11-6-15(25-2)20(27-4)16(7-11)26-3/h6-8,13,21,24H,5,9-10H2,1-4H3/t13-/m1/s1. The van der Waals surface area contributed by atoms with Crippen LogP contribution in [0.1, 0.15) is 36.3 Å². The predicted molar refractivity (Wildman–Crippen MR) is 102 cm³/mol. The van der Waals surface area contributed by atoms with Crippen molar-refractivity contribution in [1.29, 1.82) is 0 Å². The number of hydrogen-bond donors (Lipinski definition) is 2. The van der Waals surface area contributed by atoms with E-state index in [4.69, 9.17) is 23.4 Å². The first-order chi connectivity index (χ1) is 13.9. The number of carbonyl (C=O) groups excluding carboxylic acids is 1. The normalized spacial score (nSPS) is 11.6. The average molecular weight is 408 g/mol. The van der Waals surface area contributed by atoms with Crippen LogP contribution in [0.5, 0.6) is 23.0 Å². The summed E-state index contributed by atoms with van der Waals surface area (Å²) in [5.41, 5.74) is -0.294. The molecule has 0 unspecified atom stereocenters. The van der Waals surface area contributed by atoms with Crippen LogP contribution in [0.3, 0.4) is 0 Å². The fraction of sp³-hybridized carbons (Fsp3) is 0.400. The van der Waals surface area contributed by atoms with Gasteiger partial charge in [-0.1, -0.05) is 0 Å². The van der Waals surface area contributed by atoms with Gasteiger partial charge >= 0.3 is 5.97 Å². The molecule has 1 aromatic heterocycles. The van der Waals surface area contributed by atoms with Crippen molar-refractivity contribution in [3.05, 3.63) is 45.5 Å². The molecule has 9 nitrogen and oxygen atoms in total. The van der Waals surface area contributed by atoms with Crippen LogP contribution in [0, 0.1) is 0 Å². The Morgan fingerprint density at radius 3 is 2.21 bits per heavy atom. The van der Waals surface area contributed by atoms with Gasteiger partial charge in [0.1, 0.15) is 12.4 Å². The highest BCUT2D eigenvalue weighted by Gasteiger charge is 2.29. The molecule has 1 atom stereocenters. The second-order valence-electron chi connectivity index (χ2n) is 5.97. The lowest BCUT2D eigenvalue weighted by atomic mass is 9.91. The molecule has 0 aliphatic carbocycles. The smallest absolute Gasteiger partial charge is 0.306 e. The summed E-state index contributed by atoms with van der Waals surface area (Å²) in [7, 11) is 4.32. The minimum atomic E-state index is -0.915. The van der Waals surface area contributed by atoms with Crippen molar-refractivity contribution in [2.24, 2.45) is 0 Å². The molecular weight excluding hydrogens is 384 g/mol. The number of methoxy groups -OCH3 is 3. The number of aromatic hydroxyl groups is 1. The van der Waals surface area contributed by atoms with Crippen molar-refractivity contribution in [2.75, 3.05) is 27.9 Å². The van der Waals surface area contributed by atoms with E-state index in [-0.39, 0.29) is 24.5 Å². The third kappa shape index (κ3) is 4.80. The molecule has 2 rings (SSSR count). The molecule has 0 spiro atoms. The number of carbonyl (C=O) groups is 1. The number of aliphatic hydroxyl groups is 1. The maximum atomic E-state index is 12.2. The second-order valence-corrected chi connectivity index (χ2v) is 5.97. The minimum absolute atomic E-state index is 0.0518. The van der Waals surface area contributed by atoms with Gasteiger partial charge in [-0.15, -0.1) is 0 Å². The van der Waals surface area contributed by atoms with E-state index >= 15 is 0 Å². The van der Waals surface area contributed by atoms with Gasteiger partial charge in [-0.25, -0.2) is 0 Å². The van der Waals surface area contributed by atoms with Gasteiger partial charge in [0.25, 0.3) is 0 Å². The molecule has 0 bridgehead atoms. The maximum absolute atomic E-state index is 12.2. The Morgan fingerprint density at radius 1 is 1.10 bits per heavy atom. The summed E-state index contributed by atoms with van der Waals surface area (Å²) in [5, 5.41) is 19.7. The summed E-state index contributed by atoms with van der Waals surface area (Å²) in [5.74, 6) is -1.40. The molecule has 1 heterocycles. The van der Waals surface area contributed by atoms with Gasteiger partial charge in [0.15, 0.2) is 17.3 Å². The average Bonchev–Trinajstić information content (AvgIpc) is 2.73. The number of ether oxygens (including phenoxy) is 4. The van der Waals surface area contributed by atoms with Crippen LogP contribution in [-0.2, 0) is 16.1 Å². The molecule has 0 radical (unpaired) electrons. The largest absolute Gasteiger partial charge is 0.502 e. The minimum Gasteiger partial charge on any atom is -0.502 e. The highest BCUT2D eigenvalue weighted by Crippen LogP contribution is 2.43. The Kier molecular flexibility index (Phi) is 7.49. The van der Waals surface area contributed by atoms with Crippen LogP contribution < -0.4 is 19.6 Å². The zero-order chi connectivity index (χ0) is 21.6. The SMILES string of the molecule is CCOC(=O)C[C@H](c1cc(OC)c(OC)c(OC)c1)c1oc(CO)cc(=O)c1O. The van der Waals surface area contributed by atoms with Crippen molar-refractivity contribution in [3.8, 4) is 23.0 Å². The lowest BCUT2D eigenvalue weighted by Gasteiger charge is -2.20. The molecule has 2 N–H and O–H groups in total. The van der Waals surface area contributed by atoms with Gasteiger partial charge in [0, 0.05) is 6.07 Å². The van der Waals surface area contributed by atoms with E-state index in [1.807, 2.05) is 0 Å². The van der Waals surface area contributed by atoms with Crippen LogP contribution in [-0.4, -0.2) is 44.1 Å². The Balaban J connectivity index is 2.71. The molecule has 0 fully saturated rings. The molecule has 0 aliphatic rings. The maximum Gasteiger partial charge on any atom is 0.306 e. The van der Waals surface area contributed by atoms with E-state index in [2.05, 4.69) is 0 Å². The van der Waals surface area contributed by atoms with Crippen molar-refractivity contribution in [2.45, 2.75) is 25.9 Å². The van der Waals surface area contributed by atoms with Crippen LogP contribution in [0.15, 0.2) is 27.4 Å². The Hall–Kier alpha value is -3.20. The van der Waals surface area contributed by atoms with Gasteiger partial charge in [-0.05, 0) is 24.6 Å². The van der Waals surface area contributed by atoms with E-state index in [0.29, 0.717) is 22.8 Å². The number of benzene rings is 1. The molecule has 0 saturated carbocycles. The Labute approximate surface area is 167 Å². The first kappa shape index (κ1) is 22.1. The summed E-state index contributed by atoms with van der Waals surface area (Å²) in [4.78, 5) is 24.3. The summed E-state index contributed by atoms with van der Waals surface area (Å²) in [6.45, 7) is 1.27. The fourth-order valence-corrected chi connectivity index (χ4v) is 2.92. The van der Waals surface area contributed by atoms with Gasteiger partial charge < -0.3 is 33.6 Å². The molecule has 9 heteroatoms. The van der Waals surface area contributed by atoms with Gasteiger partial charge in [0.05, 0.1) is 40.3 Å². The summed E-state index contributed by atoms with van der Waals surface area (Å²) in [6.07, 6.45) is -0.238. The van der Waals surface area contributed by atoms with E-state index < -0.39 is 29.7 Å². The molecule has 158 valence electrons. The van der Waals surface area contributed by atoms with Crippen molar-refractivity contribution >= 4 is 5.97 Å². The van der Waals surface area contributed by atoms with E-state index in [0.717, 1.165) is 6.07 Å². The number of aliphatic hydroxyl groups excluding tert-OH is 1. The van der Waals surface area contributed by atoms with Crippen LogP contribution in [0.4, 0.5) is 0 Å². The molecule has 0 aliphatic heterocycles. The Bertz CT molecular complexity index is 892. The van der Waals surface area contributed by atoms with Gasteiger partial charge in [-0.3, -0.25) is 9.59 Å². The van der Waals surface area contributed by atoms with Crippen LogP contribution in [0.25, 0.3) is 0 Å². The number of rotatable bonds is 9. The van der Waals surface area contributed by atoms with E-state index in [1.54, 1.807) is 19.1 Å². The fourth-order valence-electron chi connectivity index (χ4n) is 2.92. The van der Waals surface area contributed by atoms with Gasteiger partial charge in [0.2, 0.25) is 16.9 Å². The third-order valence-corrected chi connectivity index (χ3v) is 4.24. The molecule has 1 aromatic carbocycles. The second kappa shape index (κ2) is 9.83. The molecule has 29 heavy (non-hydrogen) atoms. The first-order valence-corrected chi connectivity index (χ1v) is 8.82. The van der Waals surface area contributed by atoms with Crippen LogP contribution >= 0.6 is 0 Å². The van der Waals surface area contributed by atoms with Crippen molar-refractivity contribution < 1.29 is 38.4 Å². The lowest BCUT2D eigenvalue weighted by Crippen LogP contribution is -2.15. The van der Waals surface area contributed by atoms with E-state index in [9.17, 15) is 19.8 Å². The zero-order valence-corrected chi connectivity index (χ0v) is 16.7. The topological polar surface area (TPSA) is 125 Å². The van der Waals surface area contributed by atoms with E-state index in [1.165, 1.54) is 21.3 Å². The third-order valence-electron chi connectivity index (χ3n) is 4.24. The number of esters is 1. The number of hydrogen-bond acceptors (Lipinski definition) is 9. The zero-order valence-electron chi connectivity index (χ0n) is 16.7. The van der Waals surface area contributed by atoms with Crippen molar-refractivity contribution in [1.82, 2.24) is 0 Å². The van der Waals surface area contributed by atoms with Gasteiger partial charge in [-0.2, -0.15) is 0 Å². The highest BCUT2D eigenvalue weighted by molar-refractivity contribution is 5.72. The monoisotopic (exact) mass is 408 g/mol. The Morgan fingerprint density at radius 2 is 1.72 bits per heavy atom. The molecule has 2 aromatic rings. The molecule has 0 saturated heterocycles. The summed E-state index contributed by atoms with van der Waals surface area (Å²) in [6, 6.07) is 4.14. The predicted octanol–water partition coefficient (Wildman–Crippen LogP) is 1.95. The lowest BCUT2D eigenvalue weighted by molar-refractivity contribution is -0.143. The first-order valence-electron chi connectivity index (χ1n) is 8.82. The summed E-state index contributed by atoms with van der Waals surface area (Å²) < 4.78 is 26.5. The molecular formula is C20H24O9. The summed E-state index contributed by atoms with van der Waals surface area (Å²) >= 11 is 0. The van der Waals surface area contributed by atoms with Crippen LogP contribution in [0.2, 0.25) is 0 Å². The molecule has 0 amide bonds. The quantitative estimate of drug-likeness (QED) is 0.599. The van der Waals surface area contributed by atoms with Crippen molar-refractivity contribution in [3.63, 3.8) is 0 Å².